The molecule has 2 aromatic rings. The van der Waals surface area contributed by atoms with Crippen LogP contribution >= 0.6 is 11.6 Å². The molecule has 1 N–H and O–H groups in total. The average molecular weight is 357 g/mol. The van der Waals surface area contributed by atoms with Crippen LogP contribution in [0.4, 0.5) is 11.4 Å². The third-order valence-corrected chi connectivity index (χ3v) is 4.25. The van der Waals surface area contributed by atoms with E-state index in [2.05, 4.69) is 4.72 Å². The maximum atomic E-state index is 12.0. The van der Waals surface area contributed by atoms with Gasteiger partial charge in [0.25, 0.3) is 5.69 Å². The number of rotatable bonds is 7. The summed E-state index contributed by atoms with van der Waals surface area (Å²) in [6.07, 6.45) is 0. The molecular formula is C14H13ClN2O5S. The van der Waals surface area contributed by atoms with Gasteiger partial charge >= 0.3 is 0 Å². The van der Waals surface area contributed by atoms with E-state index in [1.54, 1.807) is 24.3 Å². The first-order valence-corrected chi connectivity index (χ1v) is 8.53. The predicted octanol–water partition coefficient (Wildman–Crippen LogP) is 3.07. The first-order chi connectivity index (χ1) is 10.9. The number of nitrogens with one attached hydrogen (secondary N) is 1. The molecule has 9 heteroatoms. The Morgan fingerprint density at radius 3 is 2.52 bits per heavy atom. The molecule has 0 saturated carbocycles. The van der Waals surface area contributed by atoms with Crippen molar-refractivity contribution >= 4 is 33.0 Å². The van der Waals surface area contributed by atoms with Gasteiger partial charge in [0.2, 0.25) is 10.0 Å². The van der Waals surface area contributed by atoms with Crippen molar-refractivity contribution in [3.05, 3.63) is 63.7 Å². The molecule has 0 fully saturated rings. The van der Waals surface area contributed by atoms with Gasteiger partial charge in [0.1, 0.15) is 23.8 Å². The monoisotopic (exact) mass is 356 g/mol. The molecule has 7 nitrogen and oxygen atoms in total. The highest BCUT2D eigenvalue weighted by Crippen LogP contribution is 2.28. The maximum Gasteiger partial charge on any atom is 0.293 e. The minimum absolute atomic E-state index is 0.0896. The number of hydrogen-bond donors (Lipinski definition) is 1. The van der Waals surface area contributed by atoms with E-state index in [1.165, 1.54) is 12.1 Å². The molecule has 0 aliphatic carbocycles. The molecule has 0 unspecified atom stereocenters. The van der Waals surface area contributed by atoms with Crippen LogP contribution in [0, 0.1) is 10.1 Å². The van der Waals surface area contributed by atoms with Crippen LogP contribution in [0.25, 0.3) is 0 Å². The van der Waals surface area contributed by atoms with E-state index in [1.807, 2.05) is 6.07 Å². The summed E-state index contributed by atoms with van der Waals surface area (Å²) in [6, 6.07) is 12.4. The number of benzene rings is 2. The molecule has 2 rings (SSSR count). The predicted molar refractivity (Wildman–Crippen MR) is 87.5 cm³/mol. The third-order valence-electron chi connectivity index (χ3n) is 2.78. The number of para-hydroxylation sites is 1. The van der Waals surface area contributed by atoms with E-state index in [0.717, 1.165) is 6.07 Å². The molecule has 0 heterocycles. The van der Waals surface area contributed by atoms with Gasteiger partial charge in [-0.15, -0.1) is 0 Å². The Morgan fingerprint density at radius 2 is 1.87 bits per heavy atom. The van der Waals surface area contributed by atoms with Gasteiger partial charge < -0.3 is 4.74 Å². The largest absolute Gasteiger partial charge is 0.492 e. The Kier molecular flexibility index (Phi) is 5.41. The van der Waals surface area contributed by atoms with E-state index in [9.17, 15) is 18.5 Å². The molecular weight excluding hydrogens is 344 g/mol. The smallest absolute Gasteiger partial charge is 0.293 e. The first-order valence-electron chi connectivity index (χ1n) is 6.50. The van der Waals surface area contributed by atoms with Gasteiger partial charge in [-0.3, -0.25) is 14.8 Å². The molecule has 0 radical (unpaired) electrons. The number of anilines is 1. The molecule has 0 bridgehead atoms. The van der Waals surface area contributed by atoms with Crippen molar-refractivity contribution in [1.82, 2.24) is 0 Å². The quantitative estimate of drug-likeness (QED) is 0.607. The summed E-state index contributed by atoms with van der Waals surface area (Å²) in [4.78, 5) is 10.2. The van der Waals surface area contributed by atoms with Crippen molar-refractivity contribution in [2.24, 2.45) is 0 Å². The molecule has 0 amide bonds. The highest BCUT2D eigenvalue weighted by Gasteiger charge is 2.19. The second kappa shape index (κ2) is 7.30. The van der Waals surface area contributed by atoms with Gasteiger partial charge in [0.15, 0.2) is 0 Å². The number of ether oxygens (including phenoxy) is 1. The van der Waals surface area contributed by atoms with E-state index in [4.69, 9.17) is 16.3 Å². The number of nitro groups is 1. The molecule has 122 valence electrons. The highest BCUT2D eigenvalue weighted by molar-refractivity contribution is 7.92. The molecule has 0 aliphatic rings. The summed E-state index contributed by atoms with van der Waals surface area (Å²) in [5, 5.41) is 11.1. The second-order valence-electron chi connectivity index (χ2n) is 4.50. The minimum atomic E-state index is -3.82. The fourth-order valence-electron chi connectivity index (χ4n) is 1.75. The van der Waals surface area contributed by atoms with Crippen molar-refractivity contribution < 1.29 is 18.1 Å². The molecule has 23 heavy (non-hydrogen) atoms. The van der Waals surface area contributed by atoms with Crippen molar-refractivity contribution in [1.29, 1.82) is 0 Å². The Balaban J connectivity index is 2.04. The summed E-state index contributed by atoms with van der Waals surface area (Å²) < 4.78 is 31.5. The van der Waals surface area contributed by atoms with Crippen LogP contribution in [-0.4, -0.2) is 25.7 Å². The first kappa shape index (κ1) is 17.0. The lowest BCUT2D eigenvalue weighted by Gasteiger charge is -2.10. The lowest BCUT2D eigenvalue weighted by atomic mass is 10.3. The standard InChI is InChI=1S/C14H13ClN2O5S/c15-11-6-7-14(17(18)19)13(10-11)16-23(20,21)9-8-22-12-4-2-1-3-5-12/h1-7,10,16H,8-9H2. The molecule has 0 aromatic heterocycles. The maximum absolute atomic E-state index is 12.0. The second-order valence-corrected chi connectivity index (χ2v) is 6.78. The van der Waals surface area contributed by atoms with Crippen molar-refractivity contribution in [3.8, 4) is 5.75 Å². The number of halogens is 1. The number of nitro benzene ring substituents is 1. The third kappa shape index (κ3) is 5.11. The van der Waals surface area contributed by atoms with E-state index >= 15 is 0 Å². The number of sulfonamides is 1. The minimum Gasteiger partial charge on any atom is -0.492 e. The van der Waals surface area contributed by atoms with Gasteiger partial charge in [-0.1, -0.05) is 29.8 Å². The Morgan fingerprint density at radius 1 is 1.17 bits per heavy atom. The van der Waals surface area contributed by atoms with E-state index in [-0.39, 0.29) is 28.8 Å². The van der Waals surface area contributed by atoms with Gasteiger partial charge in [-0.25, -0.2) is 8.42 Å². The van der Waals surface area contributed by atoms with Crippen molar-refractivity contribution in [2.75, 3.05) is 17.1 Å². The van der Waals surface area contributed by atoms with Crippen LogP contribution in [0.3, 0.4) is 0 Å². The Hall–Kier alpha value is -2.32. The van der Waals surface area contributed by atoms with Gasteiger partial charge in [-0.05, 0) is 24.3 Å². The lowest BCUT2D eigenvalue weighted by Crippen LogP contribution is -2.21. The fraction of sp³-hybridized carbons (Fsp3) is 0.143. The van der Waals surface area contributed by atoms with Crippen molar-refractivity contribution in [3.63, 3.8) is 0 Å². The SMILES string of the molecule is O=[N+]([O-])c1ccc(Cl)cc1NS(=O)(=O)CCOc1ccccc1. The molecule has 2 aromatic carbocycles. The summed E-state index contributed by atoms with van der Waals surface area (Å²) in [6.45, 7) is -0.0896. The number of hydrogen-bond acceptors (Lipinski definition) is 5. The van der Waals surface area contributed by atoms with E-state index < -0.39 is 14.9 Å². The molecule has 0 saturated heterocycles. The normalized spacial score (nSPS) is 11.0. The summed E-state index contributed by atoms with van der Waals surface area (Å²) in [5.41, 5.74) is -0.552. The van der Waals surface area contributed by atoms with Gasteiger partial charge in [-0.2, -0.15) is 0 Å². The summed E-state index contributed by atoms with van der Waals surface area (Å²) in [7, 11) is -3.82. The molecule has 0 aliphatic heterocycles. The van der Waals surface area contributed by atoms with Crippen LogP contribution in [0.2, 0.25) is 5.02 Å². The fourth-order valence-corrected chi connectivity index (χ4v) is 2.83. The zero-order valence-electron chi connectivity index (χ0n) is 11.8. The summed E-state index contributed by atoms with van der Waals surface area (Å²) in [5.74, 6) is 0.183. The average Bonchev–Trinajstić information content (AvgIpc) is 2.47. The Bertz CT molecular complexity index is 796. The topological polar surface area (TPSA) is 98.5 Å². The zero-order chi connectivity index (χ0) is 16.9. The van der Waals surface area contributed by atoms with Crippen molar-refractivity contribution in [2.45, 2.75) is 0 Å². The Labute approximate surface area is 138 Å². The number of nitrogens with zero attached hydrogens (tertiary/aromatic N) is 1. The van der Waals surface area contributed by atoms with Crippen LogP contribution in [0.1, 0.15) is 0 Å². The molecule has 0 atom stereocenters. The highest BCUT2D eigenvalue weighted by atomic mass is 35.5. The summed E-state index contributed by atoms with van der Waals surface area (Å²) >= 11 is 5.75. The van der Waals surface area contributed by atoms with Crippen LogP contribution in [0.5, 0.6) is 5.75 Å². The van der Waals surface area contributed by atoms with Gasteiger partial charge in [0, 0.05) is 11.1 Å². The van der Waals surface area contributed by atoms with E-state index in [0.29, 0.717) is 5.75 Å². The van der Waals surface area contributed by atoms with Gasteiger partial charge in [0.05, 0.1) is 4.92 Å². The molecule has 0 spiro atoms. The zero-order valence-corrected chi connectivity index (χ0v) is 13.4. The van der Waals surface area contributed by atoms with Crippen LogP contribution in [0.15, 0.2) is 48.5 Å². The van der Waals surface area contributed by atoms with Crippen LogP contribution in [-0.2, 0) is 10.0 Å². The lowest BCUT2D eigenvalue weighted by molar-refractivity contribution is -0.383. The van der Waals surface area contributed by atoms with Crippen LogP contribution < -0.4 is 9.46 Å².